The van der Waals surface area contributed by atoms with Gasteiger partial charge in [0.2, 0.25) is 0 Å². The Morgan fingerprint density at radius 2 is 1.03 bits per heavy atom. The zero-order valence-corrected chi connectivity index (χ0v) is 41.4. The van der Waals surface area contributed by atoms with Crippen LogP contribution in [0.3, 0.4) is 0 Å². The Balaban J connectivity index is 1.44. The second kappa shape index (κ2) is 28.7. The molecule has 1 aliphatic carbocycles. The lowest BCUT2D eigenvalue weighted by Gasteiger charge is -2.51. The molecule has 4 heterocycles. The van der Waals surface area contributed by atoms with Crippen molar-refractivity contribution >= 4 is 0 Å². The minimum Gasteiger partial charge on any atom is -0.396 e. The van der Waals surface area contributed by atoms with Gasteiger partial charge in [0.1, 0.15) is 48.8 Å². The average Bonchev–Trinajstić information content (AvgIpc) is 3.68. The van der Waals surface area contributed by atoms with Crippen molar-refractivity contribution in [2.24, 2.45) is 34.5 Å². The predicted molar refractivity (Wildman–Crippen MR) is 242 cm³/mol. The highest BCUT2D eigenvalue weighted by Gasteiger charge is 2.57. The zero-order chi connectivity index (χ0) is 50.4. The number of nitrogens with two attached hydrogens (primary N) is 1. The summed E-state index contributed by atoms with van der Waals surface area (Å²) in [6.07, 6.45) is -14.4. The average molecular weight is 999 g/mol. The van der Waals surface area contributed by atoms with Crippen LogP contribution in [0.15, 0.2) is 5.11 Å². The van der Waals surface area contributed by atoms with E-state index in [9.17, 15) is 31.1 Å². The first-order valence-corrected chi connectivity index (χ1v) is 23.8. The summed E-state index contributed by atoms with van der Waals surface area (Å²) in [5, 5.41) is 70.8. The van der Waals surface area contributed by atoms with Gasteiger partial charge in [0.15, 0.2) is 25.2 Å². The van der Waals surface area contributed by atoms with Gasteiger partial charge in [0.25, 0.3) is 0 Å². The second-order valence-corrected chi connectivity index (χ2v) is 18.1. The molecule has 1 saturated carbocycles. The van der Waals surface area contributed by atoms with Crippen LogP contribution in [-0.2, 0) is 61.6 Å². The van der Waals surface area contributed by atoms with Gasteiger partial charge in [0.05, 0.1) is 56.3 Å². The molecule has 0 bridgehead atoms. The van der Waals surface area contributed by atoms with E-state index in [0.29, 0.717) is 6.42 Å². The highest BCUT2D eigenvalue weighted by Crippen LogP contribution is 2.40. The van der Waals surface area contributed by atoms with E-state index in [4.69, 9.17) is 67.3 Å². The van der Waals surface area contributed by atoms with Gasteiger partial charge in [-0.25, -0.2) is 0 Å². The van der Waals surface area contributed by atoms with E-state index < -0.39 is 134 Å². The summed E-state index contributed by atoms with van der Waals surface area (Å²) in [5.74, 6) is -2.04. The van der Waals surface area contributed by atoms with Gasteiger partial charge < -0.3 is 114 Å². The molecule has 24 unspecified atom stereocenters. The molecule has 402 valence electrons. The smallest absolute Gasteiger partial charge is 0.187 e. The number of hydrogen-bond donors (Lipinski definition) is 10. The zero-order valence-electron chi connectivity index (χ0n) is 41.4. The molecule has 0 radical (unpaired) electrons. The van der Waals surface area contributed by atoms with Crippen molar-refractivity contribution in [2.75, 3.05) is 116 Å². The molecule has 5 fully saturated rings. The van der Waals surface area contributed by atoms with Gasteiger partial charge in [0, 0.05) is 103 Å². The van der Waals surface area contributed by atoms with Gasteiger partial charge in [-0.2, -0.15) is 0 Å². The Hall–Kier alpha value is -1.61. The summed E-state index contributed by atoms with van der Waals surface area (Å²) in [6.45, 7) is -0.962. The third-order valence-corrected chi connectivity index (χ3v) is 14.7. The molecule has 26 nitrogen and oxygen atoms in total. The highest BCUT2D eigenvalue weighted by atomic mass is 16.8. The fourth-order valence-corrected chi connectivity index (χ4v) is 11.1. The van der Waals surface area contributed by atoms with Crippen LogP contribution >= 0.6 is 0 Å². The predicted octanol–water partition coefficient (Wildman–Crippen LogP) is -4.03. The van der Waals surface area contributed by atoms with Crippen LogP contribution in [0.25, 0.3) is 10.4 Å². The van der Waals surface area contributed by atoms with Crippen LogP contribution in [0.4, 0.5) is 0 Å². The molecule has 4 aliphatic heterocycles. The van der Waals surface area contributed by atoms with E-state index in [1.807, 2.05) is 14.1 Å². The molecule has 0 spiro atoms. The fraction of sp³-hybridized carbons (Fsp3) is 1.00. The molecule has 0 amide bonds. The normalized spacial score (nSPS) is 44.0. The third kappa shape index (κ3) is 13.0. The van der Waals surface area contributed by atoms with Crippen molar-refractivity contribution < 1.29 is 87.1 Å². The van der Waals surface area contributed by atoms with Crippen molar-refractivity contribution in [3.63, 3.8) is 0 Å². The Kier molecular flexibility index (Phi) is 24.3. The fourth-order valence-electron chi connectivity index (χ4n) is 11.1. The van der Waals surface area contributed by atoms with Gasteiger partial charge in [-0.15, -0.1) is 0 Å². The van der Waals surface area contributed by atoms with Crippen LogP contribution in [-0.4, -0.2) is 265 Å². The number of aliphatic hydroxyl groups is 5. The van der Waals surface area contributed by atoms with E-state index in [0.717, 1.165) is 0 Å². The number of azide groups is 1. The first kappa shape index (κ1) is 58.3. The van der Waals surface area contributed by atoms with E-state index >= 15 is 0 Å². The van der Waals surface area contributed by atoms with E-state index in [2.05, 4.69) is 31.3 Å². The summed E-state index contributed by atoms with van der Waals surface area (Å²) in [4.78, 5) is 2.99. The maximum atomic E-state index is 12.2. The number of nitrogens with one attached hydrogen (secondary N) is 4. The Bertz CT molecular complexity index is 1520. The minimum absolute atomic E-state index is 0.0967. The van der Waals surface area contributed by atoms with Crippen molar-refractivity contribution in [2.45, 2.75) is 135 Å². The molecule has 24 atom stereocenters. The number of hydrogen-bond acceptors (Lipinski definition) is 24. The van der Waals surface area contributed by atoms with Crippen LogP contribution < -0.4 is 27.0 Å². The number of methoxy groups -OCH3 is 5. The third-order valence-electron chi connectivity index (χ3n) is 14.7. The van der Waals surface area contributed by atoms with Crippen LogP contribution in [0.5, 0.6) is 0 Å². The molecule has 69 heavy (non-hydrogen) atoms. The SMILES string of the molecule is CNC1CC(NC)C(OC2OC(COC)C(CO)C(CO)C2NC)C(OC2OC(CN=[N+]=[N-])C(OC3OC(CCN)C(OC4OC(COC)C(CO)C(CO)C4OC)C(O)C3NC)C2OC)C1OC. The summed E-state index contributed by atoms with van der Waals surface area (Å²) in [6, 6.07) is -2.11. The quantitative estimate of drug-likeness (QED) is 0.0213. The van der Waals surface area contributed by atoms with Crippen LogP contribution in [0, 0.1) is 23.7 Å². The van der Waals surface area contributed by atoms with E-state index in [1.165, 1.54) is 28.4 Å². The number of rotatable bonds is 27. The molecular weight excluding hydrogens is 917 g/mol. The lowest BCUT2D eigenvalue weighted by atomic mass is 9.80. The van der Waals surface area contributed by atoms with Crippen LogP contribution in [0.2, 0.25) is 0 Å². The van der Waals surface area contributed by atoms with E-state index in [1.54, 1.807) is 21.2 Å². The summed E-state index contributed by atoms with van der Waals surface area (Å²) < 4.78 is 82.1. The first-order chi connectivity index (χ1) is 33.5. The monoisotopic (exact) mass is 999 g/mol. The molecular formula is C43H82N8O18. The van der Waals surface area contributed by atoms with Gasteiger partial charge in [-0.05, 0) is 53.1 Å². The second-order valence-electron chi connectivity index (χ2n) is 18.1. The van der Waals surface area contributed by atoms with Crippen LogP contribution in [0.1, 0.15) is 12.8 Å². The first-order valence-electron chi connectivity index (χ1n) is 23.8. The summed E-state index contributed by atoms with van der Waals surface area (Å²) >= 11 is 0. The molecule has 0 aromatic heterocycles. The molecule has 0 aromatic rings. The molecule has 5 rings (SSSR count). The lowest BCUT2D eigenvalue weighted by Crippen LogP contribution is -2.68. The summed E-state index contributed by atoms with van der Waals surface area (Å²) in [7, 11) is 14.5. The number of ether oxygens (including phenoxy) is 13. The standard InChI is InChI=1S/C43H82N8O18/c1-46-24-12-25(47-2)35(66-40-30(48-3)22(16-54)20(14-52)28(64-40)18-57-5)38(34(24)60-8)69-43-39(61-9)37(27(63-43)13-50-51-45)68-41-31(49-4)32(56)36(26(62-41)10-11-44)67-42-33(59-7)23(17-55)21(15-53)29(65-42)19-58-6/h20-43,46-49,52-56H,10-19,44H2,1-9H3. The molecule has 4 saturated heterocycles. The summed E-state index contributed by atoms with van der Waals surface area (Å²) in [5.41, 5.74) is 15.6. The molecule has 5 aliphatic rings. The van der Waals surface area contributed by atoms with Crippen molar-refractivity contribution in [1.29, 1.82) is 0 Å². The Morgan fingerprint density at radius 1 is 0.551 bits per heavy atom. The number of nitrogens with zero attached hydrogens (tertiary/aromatic N) is 3. The van der Waals surface area contributed by atoms with Crippen molar-refractivity contribution in [1.82, 2.24) is 21.3 Å². The molecule has 11 N–H and O–H groups in total. The maximum absolute atomic E-state index is 12.2. The number of aliphatic hydroxyl groups excluding tert-OH is 5. The van der Waals surface area contributed by atoms with Gasteiger partial charge in [-0.1, -0.05) is 5.11 Å². The van der Waals surface area contributed by atoms with E-state index in [-0.39, 0.29) is 71.2 Å². The molecule has 26 heteroatoms. The molecule has 0 aromatic carbocycles. The van der Waals surface area contributed by atoms with Gasteiger partial charge in [-0.3, -0.25) is 0 Å². The highest BCUT2D eigenvalue weighted by molar-refractivity contribution is 5.05. The van der Waals surface area contributed by atoms with Crippen molar-refractivity contribution in [3.8, 4) is 0 Å². The lowest BCUT2D eigenvalue weighted by molar-refractivity contribution is -0.348. The van der Waals surface area contributed by atoms with Crippen molar-refractivity contribution in [3.05, 3.63) is 10.4 Å². The number of likely N-dealkylation sites (N-methyl/N-ethyl adjacent to an activating group) is 4. The Morgan fingerprint density at radius 3 is 1.55 bits per heavy atom. The topological polar surface area (TPSA) is 344 Å². The minimum atomic E-state index is -1.31. The largest absolute Gasteiger partial charge is 0.396 e. The van der Waals surface area contributed by atoms with Gasteiger partial charge >= 0.3 is 0 Å². The maximum Gasteiger partial charge on any atom is 0.187 e. The Labute approximate surface area is 404 Å².